The molecular formula is C12H13BrClN3. The van der Waals surface area contributed by atoms with E-state index in [0.717, 1.165) is 34.6 Å². The molecule has 0 amide bonds. The maximum Gasteiger partial charge on any atom is 0.130 e. The number of aliphatic imine (C=N–C) groups is 1. The number of hydrogen-bond donors (Lipinski definition) is 2. The first-order valence-electron chi connectivity index (χ1n) is 5.33. The molecule has 17 heavy (non-hydrogen) atoms. The van der Waals surface area contributed by atoms with Crippen molar-refractivity contribution >= 4 is 45.1 Å². The molecular weight excluding hydrogens is 302 g/mol. The highest BCUT2D eigenvalue weighted by Crippen LogP contribution is 2.28. The third-order valence-electron chi connectivity index (χ3n) is 2.88. The zero-order valence-corrected chi connectivity index (χ0v) is 11.8. The number of amidine groups is 1. The number of nitrogens with one attached hydrogen (secondary N) is 2. The molecule has 1 aliphatic rings. The Kier molecular flexibility index (Phi) is 3.45. The van der Waals surface area contributed by atoms with Gasteiger partial charge in [0, 0.05) is 27.7 Å². The predicted molar refractivity (Wildman–Crippen MR) is 77.4 cm³/mol. The van der Waals surface area contributed by atoms with Crippen molar-refractivity contribution in [3.8, 4) is 0 Å². The van der Waals surface area contributed by atoms with Gasteiger partial charge in [-0.15, -0.1) is 12.4 Å². The molecule has 3 nitrogen and oxygen atoms in total. The summed E-state index contributed by atoms with van der Waals surface area (Å²) in [6.45, 7) is 3.90. The Bertz CT molecular complexity index is 589. The zero-order valence-electron chi connectivity index (χ0n) is 9.38. The number of benzene rings is 1. The third-order valence-corrected chi connectivity index (χ3v) is 3.54. The van der Waals surface area contributed by atoms with E-state index >= 15 is 0 Å². The molecule has 0 fully saturated rings. The van der Waals surface area contributed by atoms with E-state index < -0.39 is 0 Å². The molecule has 0 saturated heterocycles. The van der Waals surface area contributed by atoms with Gasteiger partial charge in [0.2, 0.25) is 0 Å². The van der Waals surface area contributed by atoms with Crippen molar-refractivity contribution in [1.29, 1.82) is 0 Å². The fourth-order valence-corrected chi connectivity index (χ4v) is 2.65. The van der Waals surface area contributed by atoms with E-state index in [4.69, 9.17) is 0 Å². The standard InChI is InChI=1S/C12H12BrN3.ClH/c1-7-10(12-14-5-6-15-12)8-3-2-4-9(13)11(8)16-7;/h2-4,16H,5-6H2,1H3,(H,14,15);1H. The lowest BCUT2D eigenvalue weighted by Crippen LogP contribution is -2.19. The maximum atomic E-state index is 4.49. The minimum Gasteiger partial charge on any atom is -0.368 e. The van der Waals surface area contributed by atoms with Crippen LogP contribution in [0, 0.1) is 6.92 Å². The van der Waals surface area contributed by atoms with Crippen LogP contribution in [-0.2, 0) is 0 Å². The van der Waals surface area contributed by atoms with Gasteiger partial charge in [-0.3, -0.25) is 4.99 Å². The summed E-state index contributed by atoms with van der Waals surface area (Å²) in [5, 5.41) is 4.55. The van der Waals surface area contributed by atoms with E-state index in [2.05, 4.69) is 50.3 Å². The highest BCUT2D eigenvalue weighted by molar-refractivity contribution is 9.10. The molecule has 0 atom stereocenters. The fraction of sp³-hybridized carbons (Fsp3) is 0.250. The summed E-state index contributed by atoms with van der Waals surface area (Å²) in [5.74, 6) is 1.02. The number of para-hydroxylation sites is 1. The number of rotatable bonds is 1. The SMILES string of the molecule is Cc1[nH]c2c(Br)cccc2c1C1=NCCN1.Cl. The first-order chi connectivity index (χ1) is 7.77. The number of fused-ring (bicyclic) bond motifs is 1. The number of H-pyrrole nitrogens is 1. The van der Waals surface area contributed by atoms with E-state index in [1.807, 2.05) is 6.07 Å². The van der Waals surface area contributed by atoms with E-state index in [-0.39, 0.29) is 12.4 Å². The second kappa shape index (κ2) is 4.70. The Hall–Kier alpha value is -1.00. The largest absolute Gasteiger partial charge is 0.368 e. The van der Waals surface area contributed by atoms with Crippen LogP contribution in [0.25, 0.3) is 10.9 Å². The molecule has 1 aromatic heterocycles. The van der Waals surface area contributed by atoms with E-state index in [0.29, 0.717) is 0 Å². The van der Waals surface area contributed by atoms with E-state index in [9.17, 15) is 0 Å². The van der Waals surface area contributed by atoms with Crippen LogP contribution in [0.2, 0.25) is 0 Å². The number of nitrogens with zero attached hydrogens (tertiary/aromatic N) is 1. The van der Waals surface area contributed by atoms with Crippen LogP contribution in [-0.4, -0.2) is 23.9 Å². The van der Waals surface area contributed by atoms with Crippen LogP contribution in [0.4, 0.5) is 0 Å². The Labute approximate surface area is 114 Å². The van der Waals surface area contributed by atoms with Gasteiger partial charge in [0.15, 0.2) is 0 Å². The molecule has 0 radical (unpaired) electrons. The van der Waals surface area contributed by atoms with Gasteiger partial charge in [0.05, 0.1) is 12.1 Å². The summed E-state index contributed by atoms with van der Waals surface area (Å²) in [6, 6.07) is 6.23. The normalized spacial score (nSPS) is 14.4. The van der Waals surface area contributed by atoms with Crippen molar-refractivity contribution in [2.45, 2.75) is 6.92 Å². The second-order valence-corrected chi connectivity index (χ2v) is 4.80. The van der Waals surface area contributed by atoms with Crippen LogP contribution in [0.1, 0.15) is 11.3 Å². The number of aryl methyl sites for hydroxylation is 1. The van der Waals surface area contributed by atoms with Crippen LogP contribution in [0.3, 0.4) is 0 Å². The topological polar surface area (TPSA) is 40.2 Å². The molecule has 2 aromatic rings. The van der Waals surface area contributed by atoms with Crippen molar-refractivity contribution in [3.63, 3.8) is 0 Å². The minimum absolute atomic E-state index is 0. The summed E-state index contributed by atoms with van der Waals surface area (Å²) >= 11 is 3.56. The zero-order chi connectivity index (χ0) is 11.1. The first kappa shape index (κ1) is 12.5. The average Bonchev–Trinajstić information content (AvgIpc) is 2.85. The van der Waals surface area contributed by atoms with Crippen LogP contribution < -0.4 is 5.32 Å². The quantitative estimate of drug-likeness (QED) is 0.834. The molecule has 0 unspecified atom stereocenters. The Morgan fingerprint density at radius 1 is 1.35 bits per heavy atom. The smallest absolute Gasteiger partial charge is 0.130 e. The van der Waals surface area contributed by atoms with Crippen molar-refractivity contribution in [3.05, 3.63) is 33.9 Å². The molecule has 90 valence electrons. The summed E-state index contributed by atoms with van der Waals surface area (Å²) in [6.07, 6.45) is 0. The van der Waals surface area contributed by atoms with Crippen molar-refractivity contribution in [1.82, 2.24) is 10.3 Å². The van der Waals surface area contributed by atoms with Crippen molar-refractivity contribution < 1.29 is 0 Å². The van der Waals surface area contributed by atoms with Gasteiger partial charge in [0.1, 0.15) is 5.84 Å². The van der Waals surface area contributed by atoms with E-state index in [1.54, 1.807) is 0 Å². The molecule has 1 aliphatic heterocycles. The molecule has 0 aliphatic carbocycles. The molecule has 5 heteroatoms. The summed E-state index contributed by atoms with van der Waals surface area (Å²) < 4.78 is 1.10. The summed E-state index contributed by atoms with van der Waals surface area (Å²) in [4.78, 5) is 7.89. The predicted octanol–water partition coefficient (Wildman–Crippen LogP) is 3.01. The molecule has 1 aromatic carbocycles. The Balaban J connectivity index is 0.00000108. The molecule has 2 N–H and O–H groups in total. The van der Waals surface area contributed by atoms with Gasteiger partial charge >= 0.3 is 0 Å². The van der Waals surface area contributed by atoms with Gasteiger partial charge < -0.3 is 10.3 Å². The lowest BCUT2D eigenvalue weighted by Gasteiger charge is -2.02. The first-order valence-corrected chi connectivity index (χ1v) is 6.12. The van der Waals surface area contributed by atoms with Gasteiger partial charge in [0.25, 0.3) is 0 Å². The summed E-state index contributed by atoms with van der Waals surface area (Å²) in [5.41, 5.74) is 3.51. The van der Waals surface area contributed by atoms with Gasteiger partial charge in [-0.2, -0.15) is 0 Å². The molecule has 3 rings (SSSR count). The monoisotopic (exact) mass is 313 g/mol. The third kappa shape index (κ3) is 1.96. The van der Waals surface area contributed by atoms with Crippen molar-refractivity contribution in [2.75, 3.05) is 13.1 Å². The minimum atomic E-state index is 0. The molecule has 0 bridgehead atoms. The maximum absolute atomic E-state index is 4.49. The van der Waals surface area contributed by atoms with Gasteiger partial charge in [-0.05, 0) is 28.9 Å². The van der Waals surface area contributed by atoms with Gasteiger partial charge in [-0.25, -0.2) is 0 Å². The number of halogens is 2. The fourth-order valence-electron chi connectivity index (χ4n) is 2.18. The summed E-state index contributed by atoms with van der Waals surface area (Å²) in [7, 11) is 0. The average molecular weight is 315 g/mol. The molecule has 0 spiro atoms. The van der Waals surface area contributed by atoms with Crippen LogP contribution >= 0.6 is 28.3 Å². The Morgan fingerprint density at radius 3 is 2.88 bits per heavy atom. The second-order valence-electron chi connectivity index (χ2n) is 3.94. The number of aromatic amines is 1. The highest BCUT2D eigenvalue weighted by Gasteiger charge is 2.17. The highest BCUT2D eigenvalue weighted by atomic mass is 79.9. The molecule has 2 heterocycles. The number of aromatic nitrogens is 1. The van der Waals surface area contributed by atoms with Crippen molar-refractivity contribution in [2.24, 2.45) is 4.99 Å². The lowest BCUT2D eigenvalue weighted by atomic mass is 10.1. The van der Waals surface area contributed by atoms with Crippen LogP contribution in [0.15, 0.2) is 27.7 Å². The van der Waals surface area contributed by atoms with E-state index in [1.165, 1.54) is 10.9 Å². The Morgan fingerprint density at radius 2 is 2.18 bits per heavy atom. The lowest BCUT2D eigenvalue weighted by molar-refractivity contribution is 0.960. The van der Waals surface area contributed by atoms with Crippen LogP contribution in [0.5, 0.6) is 0 Å². The molecule has 0 saturated carbocycles. The number of hydrogen-bond acceptors (Lipinski definition) is 2. The van der Waals surface area contributed by atoms with Gasteiger partial charge in [-0.1, -0.05) is 12.1 Å².